The highest BCUT2D eigenvalue weighted by atomic mass is 19.1. The van der Waals surface area contributed by atoms with Gasteiger partial charge >= 0.3 is 0 Å². The number of ether oxygens (including phenoxy) is 1. The van der Waals surface area contributed by atoms with Crippen LogP contribution in [0.15, 0.2) is 67.0 Å². The zero-order valence-corrected chi connectivity index (χ0v) is 14.4. The summed E-state index contributed by atoms with van der Waals surface area (Å²) in [5.41, 5.74) is 1.16. The minimum absolute atomic E-state index is 0.0644. The molecule has 0 spiro atoms. The molecule has 0 aliphatic heterocycles. The van der Waals surface area contributed by atoms with E-state index in [1.165, 1.54) is 37.6 Å². The SMILES string of the molecule is COc1cc(NC(=O)c2ccccc2F)ccc1NC(=O)c1cccnc1. The van der Waals surface area contributed by atoms with Gasteiger partial charge in [-0.1, -0.05) is 12.1 Å². The second kappa shape index (κ2) is 8.09. The van der Waals surface area contributed by atoms with Crippen molar-refractivity contribution in [3.63, 3.8) is 0 Å². The maximum absolute atomic E-state index is 13.7. The molecule has 0 saturated carbocycles. The van der Waals surface area contributed by atoms with E-state index >= 15 is 0 Å². The van der Waals surface area contributed by atoms with Crippen molar-refractivity contribution in [2.24, 2.45) is 0 Å². The van der Waals surface area contributed by atoms with Crippen molar-refractivity contribution in [1.29, 1.82) is 0 Å². The molecule has 3 aromatic rings. The Bertz CT molecular complexity index is 977. The minimum atomic E-state index is -0.609. The standard InChI is InChI=1S/C20H16FN3O3/c1-27-18-11-14(23-20(26)15-6-2-3-7-16(15)21)8-9-17(18)24-19(25)13-5-4-10-22-12-13/h2-12H,1H3,(H,23,26)(H,24,25). The minimum Gasteiger partial charge on any atom is -0.494 e. The largest absolute Gasteiger partial charge is 0.494 e. The molecule has 1 aromatic heterocycles. The van der Waals surface area contributed by atoms with Crippen LogP contribution in [-0.4, -0.2) is 23.9 Å². The van der Waals surface area contributed by atoms with Crippen LogP contribution < -0.4 is 15.4 Å². The first kappa shape index (κ1) is 18.1. The Morgan fingerprint density at radius 1 is 1.00 bits per heavy atom. The van der Waals surface area contributed by atoms with Gasteiger partial charge in [0.1, 0.15) is 11.6 Å². The first-order valence-corrected chi connectivity index (χ1v) is 8.04. The number of hydrogen-bond donors (Lipinski definition) is 2. The van der Waals surface area contributed by atoms with Crippen LogP contribution in [0.1, 0.15) is 20.7 Å². The zero-order valence-electron chi connectivity index (χ0n) is 14.4. The fourth-order valence-electron chi connectivity index (χ4n) is 2.41. The van der Waals surface area contributed by atoms with Gasteiger partial charge in [-0.3, -0.25) is 14.6 Å². The van der Waals surface area contributed by atoms with Crippen LogP contribution in [0.4, 0.5) is 15.8 Å². The number of aromatic nitrogens is 1. The Labute approximate surface area is 155 Å². The first-order chi connectivity index (χ1) is 13.1. The van der Waals surface area contributed by atoms with Gasteiger partial charge in [0.25, 0.3) is 11.8 Å². The third-order valence-corrected chi connectivity index (χ3v) is 3.75. The quantitative estimate of drug-likeness (QED) is 0.722. The Balaban J connectivity index is 1.77. The number of nitrogens with one attached hydrogen (secondary N) is 2. The molecular formula is C20H16FN3O3. The van der Waals surface area contributed by atoms with Gasteiger partial charge in [0.2, 0.25) is 0 Å². The van der Waals surface area contributed by atoms with Crippen LogP contribution in [0.25, 0.3) is 0 Å². The molecule has 2 amide bonds. The number of methoxy groups -OCH3 is 1. The van der Waals surface area contributed by atoms with Crippen molar-refractivity contribution < 1.29 is 18.7 Å². The van der Waals surface area contributed by atoms with Crippen molar-refractivity contribution in [2.75, 3.05) is 17.7 Å². The smallest absolute Gasteiger partial charge is 0.258 e. The van der Waals surface area contributed by atoms with Gasteiger partial charge in [-0.25, -0.2) is 4.39 Å². The highest BCUT2D eigenvalue weighted by Crippen LogP contribution is 2.28. The van der Waals surface area contributed by atoms with Gasteiger partial charge in [-0.05, 0) is 36.4 Å². The fourth-order valence-corrected chi connectivity index (χ4v) is 2.41. The summed E-state index contributed by atoms with van der Waals surface area (Å²) in [4.78, 5) is 28.4. The van der Waals surface area contributed by atoms with Gasteiger partial charge in [0.15, 0.2) is 0 Å². The van der Waals surface area contributed by atoms with E-state index in [1.807, 2.05) is 0 Å². The third kappa shape index (κ3) is 4.27. The number of carbonyl (C=O) groups is 2. The Morgan fingerprint density at radius 3 is 2.52 bits per heavy atom. The summed E-state index contributed by atoms with van der Waals surface area (Å²) < 4.78 is 19.0. The first-order valence-electron chi connectivity index (χ1n) is 8.04. The number of rotatable bonds is 5. The van der Waals surface area contributed by atoms with E-state index in [0.717, 1.165) is 0 Å². The van der Waals surface area contributed by atoms with Crippen LogP contribution in [-0.2, 0) is 0 Å². The normalized spacial score (nSPS) is 10.1. The summed E-state index contributed by atoms with van der Waals surface area (Å²) in [6.07, 6.45) is 3.02. The van der Waals surface area contributed by atoms with Crippen molar-refractivity contribution in [1.82, 2.24) is 4.98 Å². The average Bonchev–Trinajstić information content (AvgIpc) is 2.70. The van der Waals surface area contributed by atoms with Crippen molar-refractivity contribution in [3.8, 4) is 5.75 Å². The molecule has 1 heterocycles. The lowest BCUT2D eigenvalue weighted by Gasteiger charge is -2.13. The van der Waals surface area contributed by atoms with Gasteiger partial charge < -0.3 is 15.4 Å². The molecule has 0 radical (unpaired) electrons. The van der Waals surface area contributed by atoms with E-state index in [9.17, 15) is 14.0 Å². The van der Waals surface area contributed by atoms with E-state index in [4.69, 9.17) is 4.74 Å². The number of pyridine rings is 1. The Hall–Kier alpha value is -3.74. The van der Waals surface area contributed by atoms with Crippen LogP contribution >= 0.6 is 0 Å². The number of anilines is 2. The monoisotopic (exact) mass is 365 g/mol. The molecule has 3 rings (SSSR count). The lowest BCUT2D eigenvalue weighted by atomic mass is 10.2. The van der Waals surface area contributed by atoms with Crippen LogP contribution in [0, 0.1) is 5.82 Å². The van der Waals surface area contributed by atoms with E-state index in [0.29, 0.717) is 22.7 Å². The molecule has 0 saturated heterocycles. The highest BCUT2D eigenvalue weighted by molar-refractivity contribution is 6.06. The second-order valence-electron chi connectivity index (χ2n) is 5.54. The predicted molar refractivity (Wildman–Crippen MR) is 99.5 cm³/mol. The lowest BCUT2D eigenvalue weighted by Crippen LogP contribution is -2.15. The molecule has 2 aromatic carbocycles. The number of amides is 2. The van der Waals surface area contributed by atoms with Crippen molar-refractivity contribution in [3.05, 3.63) is 83.9 Å². The molecule has 0 atom stereocenters. The van der Waals surface area contributed by atoms with Crippen molar-refractivity contribution >= 4 is 23.2 Å². The molecular weight excluding hydrogens is 349 g/mol. The molecule has 0 unspecified atom stereocenters. The fraction of sp³-hybridized carbons (Fsp3) is 0.0500. The number of benzene rings is 2. The van der Waals surface area contributed by atoms with Crippen LogP contribution in [0.2, 0.25) is 0 Å². The summed E-state index contributed by atoms with van der Waals surface area (Å²) in [5, 5.41) is 5.33. The highest BCUT2D eigenvalue weighted by Gasteiger charge is 2.14. The van der Waals surface area contributed by atoms with E-state index in [1.54, 1.807) is 36.5 Å². The lowest BCUT2D eigenvalue weighted by molar-refractivity contribution is 0.101. The summed E-state index contributed by atoms with van der Waals surface area (Å²) in [5.74, 6) is -1.19. The number of carbonyl (C=O) groups excluding carboxylic acids is 2. The summed E-state index contributed by atoms with van der Waals surface area (Å²) in [6, 6.07) is 13.7. The summed E-state index contributed by atoms with van der Waals surface area (Å²) in [7, 11) is 1.44. The predicted octanol–water partition coefficient (Wildman–Crippen LogP) is 3.73. The summed E-state index contributed by atoms with van der Waals surface area (Å²) >= 11 is 0. The molecule has 0 bridgehead atoms. The molecule has 6 nitrogen and oxygen atoms in total. The van der Waals surface area contributed by atoms with Gasteiger partial charge in [-0.2, -0.15) is 0 Å². The molecule has 7 heteroatoms. The van der Waals surface area contributed by atoms with E-state index in [2.05, 4.69) is 15.6 Å². The van der Waals surface area contributed by atoms with Crippen molar-refractivity contribution in [2.45, 2.75) is 0 Å². The van der Waals surface area contributed by atoms with Gasteiger partial charge in [-0.15, -0.1) is 0 Å². The van der Waals surface area contributed by atoms with Crippen LogP contribution in [0.3, 0.4) is 0 Å². The topological polar surface area (TPSA) is 80.3 Å². The molecule has 136 valence electrons. The second-order valence-corrected chi connectivity index (χ2v) is 5.54. The average molecular weight is 365 g/mol. The van der Waals surface area contributed by atoms with Crippen LogP contribution in [0.5, 0.6) is 5.75 Å². The van der Waals surface area contributed by atoms with E-state index in [-0.39, 0.29) is 11.5 Å². The van der Waals surface area contributed by atoms with Gasteiger partial charge in [0.05, 0.1) is 23.9 Å². The Kier molecular flexibility index (Phi) is 5.41. The molecule has 0 fully saturated rings. The van der Waals surface area contributed by atoms with E-state index < -0.39 is 11.7 Å². The number of nitrogens with zero attached hydrogens (tertiary/aromatic N) is 1. The Morgan fingerprint density at radius 2 is 1.81 bits per heavy atom. The number of halogens is 1. The zero-order chi connectivity index (χ0) is 19.2. The van der Waals surface area contributed by atoms with Gasteiger partial charge in [0, 0.05) is 24.1 Å². The summed E-state index contributed by atoms with van der Waals surface area (Å²) in [6.45, 7) is 0. The third-order valence-electron chi connectivity index (χ3n) is 3.75. The molecule has 0 aliphatic rings. The number of hydrogen-bond acceptors (Lipinski definition) is 4. The maximum atomic E-state index is 13.7. The molecule has 0 aliphatic carbocycles. The molecule has 27 heavy (non-hydrogen) atoms. The molecule has 2 N–H and O–H groups in total. The maximum Gasteiger partial charge on any atom is 0.258 e.